The van der Waals surface area contributed by atoms with Crippen LogP contribution in [0.1, 0.15) is 18.3 Å². The number of rotatable bonds is 3. The third kappa shape index (κ3) is 2.68. The van der Waals surface area contributed by atoms with Crippen molar-refractivity contribution in [3.8, 4) is 11.6 Å². The molecule has 5 nitrogen and oxygen atoms in total. The zero-order chi connectivity index (χ0) is 13.1. The molecular weight excluding hydrogens is 252 g/mol. The first-order chi connectivity index (χ1) is 8.60. The highest BCUT2D eigenvalue weighted by molar-refractivity contribution is 6.31. The molecule has 0 fully saturated rings. The quantitative estimate of drug-likeness (QED) is 0.923. The van der Waals surface area contributed by atoms with Crippen molar-refractivity contribution < 1.29 is 4.74 Å². The Bertz CT molecular complexity index is 574. The Balaban J connectivity index is 2.36. The van der Waals surface area contributed by atoms with Crippen molar-refractivity contribution in [2.45, 2.75) is 20.3 Å². The average molecular weight is 265 g/mol. The van der Waals surface area contributed by atoms with Gasteiger partial charge in [-0.05, 0) is 25.5 Å². The van der Waals surface area contributed by atoms with Crippen molar-refractivity contribution >= 4 is 17.5 Å². The summed E-state index contributed by atoms with van der Waals surface area (Å²) in [7, 11) is 0. The fourth-order valence-corrected chi connectivity index (χ4v) is 1.61. The third-order valence-corrected chi connectivity index (χ3v) is 2.60. The molecule has 0 aliphatic carbocycles. The van der Waals surface area contributed by atoms with Gasteiger partial charge in [0.25, 0.3) is 0 Å². The number of hydrogen-bond donors (Lipinski definition) is 1. The van der Waals surface area contributed by atoms with E-state index in [1.807, 2.05) is 26.0 Å². The van der Waals surface area contributed by atoms with Gasteiger partial charge in [0.1, 0.15) is 5.02 Å². The Morgan fingerprint density at radius 2 is 2.11 bits per heavy atom. The lowest BCUT2D eigenvalue weighted by molar-refractivity contribution is 0.454. The van der Waals surface area contributed by atoms with Crippen LogP contribution < -0.4 is 10.5 Å². The Hall–Kier alpha value is -1.88. The zero-order valence-electron chi connectivity index (χ0n) is 10.1. The molecule has 94 valence electrons. The van der Waals surface area contributed by atoms with Crippen LogP contribution in [0.4, 0.5) is 5.95 Å². The van der Waals surface area contributed by atoms with E-state index in [0.29, 0.717) is 10.8 Å². The summed E-state index contributed by atoms with van der Waals surface area (Å²) in [6.45, 7) is 3.93. The number of aromatic nitrogens is 3. The first kappa shape index (κ1) is 12.6. The van der Waals surface area contributed by atoms with Crippen LogP contribution in [0.25, 0.3) is 0 Å². The normalized spacial score (nSPS) is 10.4. The topological polar surface area (TPSA) is 73.9 Å². The minimum Gasteiger partial charge on any atom is -0.435 e. The van der Waals surface area contributed by atoms with Gasteiger partial charge in [-0.25, -0.2) is 4.98 Å². The number of nitrogens with zero attached hydrogens (tertiary/aromatic N) is 3. The molecule has 0 unspecified atom stereocenters. The van der Waals surface area contributed by atoms with Gasteiger partial charge in [-0.15, -0.1) is 0 Å². The summed E-state index contributed by atoms with van der Waals surface area (Å²) in [5.74, 6) is 0.986. The first-order valence-electron chi connectivity index (χ1n) is 5.52. The molecule has 0 spiro atoms. The van der Waals surface area contributed by atoms with Crippen LogP contribution in [0.5, 0.6) is 11.6 Å². The lowest BCUT2D eigenvalue weighted by Crippen LogP contribution is -2.00. The molecule has 0 bridgehead atoms. The number of hydrogen-bond acceptors (Lipinski definition) is 5. The van der Waals surface area contributed by atoms with E-state index in [-0.39, 0.29) is 11.8 Å². The predicted molar refractivity (Wildman–Crippen MR) is 69.9 cm³/mol. The van der Waals surface area contributed by atoms with E-state index in [2.05, 4.69) is 15.0 Å². The molecule has 2 N–H and O–H groups in total. The first-order valence-corrected chi connectivity index (χ1v) is 5.90. The molecule has 0 aliphatic heterocycles. The van der Waals surface area contributed by atoms with Gasteiger partial charge in [0.2, 0.25) is 11.8 Å². The summed E-state index contributed by atoms with van der Waals surface area (Å²) in [6.07, 6.45) is 2.17. The third-order valence-electron chi connectivity index (χ3n) is 2.34. The maximum Gasteiger partial charge on any atom is 0.243 e. The number of pyridine rings is 1. The van der Waals surface area contributed by atoms with Crippen LogP contribution in [-0.2, 0) is 6.42 Å². The van der Waals surface area contributed by atoms with Crippen molar-refractivity contribution in [2.75, 3.05) is 5.73 Å². The summed E-state index contributed by atoms with van der Waals surface area (Å²) < 4.78 is 5.64. The van der Waals surface area contributed by atoms with Crippen molar-refractivity contribution in [2.24, 2.45) is 0 Å². The molecule has 2 aromatic heterocycles. The van der Waals surface area contributed by atoms with Gasteiger partial charge in [0.05, 0.1) is 11.9 Å². The molecule has 2 rings (SSSR count). The van der Waals surface area contributed by atoms with E-state index in [9.17, 15) is 0 Å². The molecule has 0 saturated heterocycles. The molecule has 2 aromatic rings. The van der Waals surface area contributed by atoms with Gasteiger partial charge in [0.15, 0.2) is 5.75 Å². The summed E-state index contributed by atoms with van der Waals surface area (Å²) in [6, 6.07) is 3.71. The SMILES string of the molecule is CCc1nc(C)ccc1Oc1nc(N)ncc1Cl. The van der Waals surface area contributed by atoms with Gasteiger partial charge in [-0.1, -0.05) is 18.5 Å². The number of aryl methyl sites for hydroxylation is 2. The van der Waals surface area contributed by atoms with Gasteiger partial charge >= 0.3 is 0 Å². The highest BCUT2D eigenvalue weighted by Crippen LogP contribution is 2.29. The fourth-order valence-electron chi connectivity index (χ4n) is 1.48. The van der Waals surface area contributed by atoms with Crippen LogP contribution in [0.3, 0.4) is 0 Å². The highest BCUT2D eigenvalue weighted by Gasteiger charge is 2.10. The van der Waals surface area contributed by atoms with Crippen LogP contribution >= 0.6 is 11.6 Å². The zero-order valence-corrected chi connectivity index (χ0v) is 10.9. The lowest BCUT2D eigenvalue weighted by atomic mass is 10.2. The second-order valence-corrected chi connectivity index (χ2v) is 4.14. The Kier molecular flexibility index (Phi) is 3.62. The largest absolute Gasteiger partial charge is 0.435 e. The molecule has 18 heavy (non-hydrogen) atoms. The van der Waals surface area contributed by atoms with Crippen LogP contribution in [0.15, 0.2) is 18.3 Å². The molecular formula is C12H13ClN4O. The van der Waals surface area contributed by atoms with E-state index in [1.165, 1.54) is 6.20 Å². The maximum atomic E-state index is 5.95. The smallest absolute Gasteiger partial charge is 0.243 e. The average Bonchev–Trinajstić information content (AvgIpc) is 2.36. The molecule has 0 amide bonds. The minimum atomic E-state index is 0.118. The number of nitrogen functional groups attached to an aromatic ring is 1. The van der Waals surface area contributed by atoms with Crippen LogP contribution in [-0.4, -0.2) is 15.0 Å². The molecule has 0 radical (unpaired) electrons. The molecule has 0 atom stereocenters. The number of ether oxygens (including phenoxy) is 1. The highest BCUT2D eigenvalue weighted by atomic mass is 35.5. The second-order valence-electron chi connectivity index (χ2n) is 3.73. The van der Waals surface area contributed by atoms with Gasteiger partial charge < -0.3 is 10.5 Å². The Morgan fingerprint density at radius 3 is 2.83 bits per heavy atom. The van der Waals surface area contributed by atoms with E-state index in [4.69, 9.17) is 22.1 Å². The van der Waals surface area contributed by atoms with Crippen molar-refractivity contribution in [3.05, 3.63) is 34.7 Å². The van der Waals surface area contributed by atoms with E-state index >= 15 is 0 Å². The summed E-state index contributed by atoms with van der Waals surface area (Å²) in [5.41, 5.74) is 7.29. The van der Waals surface area contributed by atoms with Crippen LogP contribution in [0, 0.1) is 6.92 Å². The Morgan fingerprint density at radius 1 is 1.33 bits per heavy atom. The molecule has 0 aliphatic rings. The Labute approximate surface area is 110 Å². The van der Waals surface area contributed by atoms with Gasteiger partial charge in [0, 0.05) is 5.69 Å². The second kappa shape index (κ2) is 5.18. The molecule has 6 heteroatoms. The molecule has 2 heterocycles. The standard InChI is InChI=1S/C12H13ClN4O/c1-3-9-10(5-4-7(2)16-9)18-11-8(13)6-15-12(14)17-11/h4-6H,3H2,1-2H3,(H2,14,15,17). The van der Waals surface area contributed by atoms with Gasteiger partial charge in [-0.2, -0.15) is 4.98 Å². The fraction of sp³-hybridized carbons (Fsp3) is 0.250. The summed E-state index contributed by atoms with van der Waals surface area (Å²) in [5, 5.41) is 0.312. The molecule has 0 aromatic carbocycles. The maximum absolute atomic E-state index is 5.95. The predicted octanol–water partition coefficient (Wildman–Crippen LogP) is 2.77. The van der Waals surface area contributed by atoms with Crippen molar-refractivity contribution in [1.29, 1.82) is 0 Å². The van der Waals surface area contributed by atoms with Crippen LogP contribution in [0.2, 0.25) is 5.02 Å². The lowest BCUT2D eigenvalue weighted by Gasteiger charge is -2.10. The number of nitrogens with two attached hydrogens (primary N) is 1. The minimum absolute atomic E-state index is 0.118. The van der Waals surface area contributed by atoms with Gasteiger partial charge in [-0.3, -0.25) is 4.98 Å². The summed E-state index contributed by atoms with van der Waals surface area (Å²) >= 11 is 5.95. The van der Waals surface area contributed by atoms with E-state index in [1.54, 1.807) is 0 Å². The van der Waals surface area contributed by atoms with E-state index in [0.717, 1.165) is 17.8 Å². The number of halogens is 1. The number of anilines is 1. The van der Waals surface area contributed by atoms with Crippen molar-refractivity contribution in [1.82, 2.24) is 15.0 Å². The van der Waals surface area contributed by atoms with E-state index < -0.39 is 0 Å². The monoisotopic (exact) mass is 264 g/mol. The van der Waals surface area contributed by atoms with Crippen molar-refractivity contribution in [3.63, 3.8) is 0 Å². The molecule has 0 saturated carbocycles. The summed E-state index contributed by atoms with van der Waals surface area (Å²) in [4.78, 5) is 12.1.